The molecule has 1 aromatic carbocycles. The van der Waals surface area contributed by atoms with Gasteiger partial charge in [0.05, 0.1) is 11.2 Å². The number of hydrogen-bond acceptors (Lipinski definition) is 4. The topological polar surface area (TPSA) is 86.9 Å². The second kappa shape index (κ2) is 6.84. The maximum Gasteiger partial charge on any atom is 0.240 e. The first-order chi connectivity index (χ1) is 10.0. The van der Waals surface area contributed by atoms with Gasteiger partial charge in [-0.1, -0.05) is 12.1 Å². The van der Waals surface area contributed by atoms with Crippen LogP contribution in [0.2, 0.25) is 0 Å². The molecule has 1 aromatic heterocycles. The van der Waals surface area contributed by atoms with Crippen LogP contribution in [0.3, 0.4) is 0 Å². The van der Waals surface area contributed by atoms with E-state index in [0.717, 1.165) is 16.8 Å². The first kappa shape index (κ1) is 15.7. The molecule has 6 nitrogen and oxygen atoms in total. The van der Waals surface area contributed by atoms with Gasteiger partial charge in [0.25, 0.3) is 0 Å². The molecule has 0 amide bonds. The maximum atomic E-state index is 12.4. The summed E-state index contributed by atoms with van der Waals surface area (Å²) in [5, 5.41) is 3.04. The van der Waals surface area contributed by atoms with E-state index in [4.69, 9.17) is 0 Å². The Kier molecular flexibility index (Phi) is 5.11. The van der Waals surface area contributed by atoms with Crippen molar-refractivity contribution in [2.24, 2.45) is 0 Å². The minimum absolute atomic E-state index is 0.333. The summed E-state index contributed by atoms with van der Waals surface area (Å²) in [5.74, 6) is 0. The van der Waals surface area contributed by atoms with Crippen LogP contribution in [0.25, 0.3) is 0 Å². The van der Waals surface area contributed by atoms with Gasteiger partial charge in [-0.15, -0.1) is 0 Å². The number of imidazole rings is 1. The zero-order valence-corrected chi connectivity index (χ0v) is 13.0. The summed E-state index contributed by atoms with van der Waals surface area (Å²) >= 11 is 0. The van der Waals surface area contributed by atoms with Crippen LogP contribution in [0, 0.1) is 6.92 Å². The third-order valence-electron chi connectivity index (χ3n) is 3.29. The summed E-state index contributed by atoms with van der Waals surface area (Å²) < 4.78 is 27.4. The standard InChI is InChI=1S/C14H20N4O2S/c1-11-12(8-15-2)4-3-5-14(11)21(19,20)18-7-6-13-9-16-10-17-13/h3-5,9-10,15,18H,6-8H2,1-2H3,(H,16,17). The van der Waals surface area contributed by atoms with E-state index in [1.165, 1.54) is 0 Å². The van der Waals surface area contributed by atoms with E-state index in [2.05, 4.69) is 20.0 Å². The second-order valence-electron chi connectivity index (χ2n) is 4.80. The van der Waals surface area contributed by atoms with E-state index in [-0.39, 0.29) is 0 Å². The number of sulfonamides is 1. The van der Waals surface area contributed by atoms with Crippen LogP contribution in [0.1, 0.15) is 16.8 Å². The number of aromatic amines is 1. The average Bonchev–Trinajstić information content (AvgIpc) is 2.94. The Labute approximate surface area is 125 Å². The van der Waals surface area contributed by atoms with Gasteiger partial charge in [0, 0.05) is 31.4 Å². The lowest BCUT2D eigenvalue weighted by Gasteiger charge is -2.12. The zero-order chi connectivity index (χ0) is 15.3. The Bertz CT molecular complexity index is 681. The van der Waals surface area contributed by atoms with Crippen LogP contribution < -0.4 is 10.0 Å². The summed E-state index contributed by atoms with van der Waals surface area (Å²) in [6.07, 6.45) is 3.84. The van der Waals surface area contributed by atoms with Gasteiger partial charge < -0.3 is 10.3 Å². The zero-order valence-electron chi connectivity index (χ0n) is 12.2. The van der Waals surface area contributed by atoms with Crippen molar-refractivity contribution in [3.63, 3.8) is 0 Å². The highest BCUT2D eigenvalue weighted by molar-refractivity contribution is 7.89. The van der Waals surface area contributed by atoms with E-state index < -0.39 is 10.0 Å². The lowest BCUT2D eigenvalue weighted by atomic mass is 10.1. The van der Waals surface area contributed by atoms with Crippen LogP contribution in [-0.2, 0) is 23.0 Å². The molecule has 21 heavy (non-hydrogen) atoms. The molecule has 114 valence electrons. The van der Waals surface area contributed by atoms with Crippen LogP contribution >= 0.6 is 0 Å². The van der Waals surface area contributed by atoms with Gasteiger partial charge in [-0.25, -0.2) is 18.1 Å². The SMILES string of the molecule is CNCc1cccc(S(=O)(=O)NCCc2cnc[nH]2)c1C. The molecule has 2 aromatic rings. The fourth-order valence-corrected chi connectivity index (χ4v) is 3.47. The van der Waals surface area contributed by atoms with Crippen molar-refractivity contribution in [3.8, 4) is 0 Å². The quantitative estimate of drug-likeness (QED) is 0.711. The van der Waals surface area contributed by atoms with Crippen molar-refractivity contribution in [2.75, 3.05) is 13.6 Å². The number of rotatable bonds is 7. The van der Waals surface area contributed by atoms with E-state index in [0.29, 0.717) is 24.4 Å². The summed E-state index contributed by atoms with van der Waals surface area (Å²) in [7, 11) is -1.66. The van der Waals surface area contributed by atoms with E-state index in [1.54, 1.807) is 24.7 Å². The third kappa shape index (κ3) is 3.90. The number of aromatic nitrogens is 2. The van der Waals surface area contributed by atoms with Crippen molar-refractivity contribution >= 4 is 10.0 Å². The molecular formula is C14H20N4O2S. The monoisotopic (exact) mass is 308 g/mol. The predicted molar refractivity (Wildman–Crippen MR) is 81.4 cm³/mol. The van der Waals surface area contributed by atoms with Crippen LogP contribution in [0.5, 0.6) is 0 Å². The van der Waals surface area contributed by atoms with Crippen molar-refractivity contribution in [1.29, 1.82) is 0 Å². The molecule has 0 saturated heterocycles. The van der Waals surface area contributed by atoms with Gasteiger partial charge >= 0.3 is 0 Å². The number of nitrogens with one attached hydrogen (secondary N) is 3. The van der Waals surface area contributed by atoms with Gasteiger partial charge in [-0.2, -0.15) is 0 Å². The van der Waals surface area contributed by atoms with Gasteiger partial charge in [0.15, 0.2) is 0 Å². The van der Waals surface area contributed by atoms with Gasteiger partial charge in [-0.3, -0.25) is 0 Å². The molecule has 0 radical (unpaired) electrons. The Morgan fingerprint density at radius 1 is 1.33 bits per heavy atom. The molecule has 7 heteroatoms. The summed E-state index contributed by atoms with van der Waals surface area (Å²) in [6.45, 7) is 2.81. The molecule has 0 fully saturated rings. The van der Waals surface area contributed by atoms with Crippen LogP contribution in [-0.4, -0.2) is 32.0 Å². The maximum absolute atomic E-state index is 12.4. The first-order valence-electron chi connectivity index (χ1n) is 6.74. The van der Waals surface area contributed by atoms with Gasteiger partial charge in [0.1, 0.15) is 0 Å². The Morgan fingerprint density at radius 2 is 2.14 bits per heavy atom. The highest BCUT2D eigenvalue weighted by atomic mass is 32.2. The molecule has 2 rings (SSSR count). The number of benzene rings is 1. The highest BCUT2D eigenvalue weighted by Crippen LogP contribution is 2.18. The van der Waals surface area contributed by atoms with Gasteiger partial charge in [0.2, 0.25) is 10.0 Å². The number of H-pyrrole nitrogens is 1. The van der Waals surface area contributed by atoms with Gasteiger partial charge in [-0.05, 0) is 31.2 Å². The molecule has 0 unspecified atom stereocenters. The highest BCUT2D eigenvalue weighted by Gasteiger charge is 2.17. The molecule has 0 aliphatic heterocycles. The van der Waals surface area contributed by atoms with Crippen LogP contribution in [0.15, 0.2) is 35.6 Å². The van der Waals surface area contributed by atoms with Crippen LogP contribution in [0.4, 0.5) is 0 Å². The molecule has 0 atom stereocenters. The fraction of sp³-hybridized carbons (Fsp3) is 0.357. The molecule has 3 N–H and O–H groups in total. The predicted octanol–water partition coefficient (Wildman–Crippen LogP) is 0.959. The molecule has 0 aliphatic carbocycles. The number of hydrogen-bond donors (Lipinski definition) is 3. The van der Waals surface area contributed by atoms with E-state index in [1.807, 2.05) is 20.0 Å². The molecule has 1 heterocycles. The molecule has 0 spiro atoms. The van der Waals surface area contributed by atoms with E-state index >= 15 is 0 Å². The molecule has 0 saturated carbocycles. The lowest BCUT2D eigenvalue weighted by molar-refractivity contribution is 0.580. The second-order valence-corrected chi connectivity index (χ2v) is 6.53. The number of nitrogens with zero attached hydrogens (tertiary/aromatic N) is 1. The summed E-state index contributed by atoms with van der Waals surface area (Å²) in [4.78, 5) is 7.18. The average molecular weight is 308 g/mol. The fourth-order valence-electron chi connectivity index (χ4n) is 2.15. The Balaban J connectivity index is 2.10. The first-order valence-corrected chi connectivity index (χ1v) is 8.23. The van der Waals surface area contributed by atoms with Crippen molar-refractivity contribution in [1.82, 2.24) is 20.0 Å². The molecule has 0 aliphatic rings. The lowest BCUT2D eigenvalue weighted by Crippen LogP contribution is -2.27. The minimum Gasteiger partial charge on any atom is -0.348 e. The van der Waals surface area contributed by atoms with Crippen molar-refractivity contribution in [3.05, 3.63) is 47.5 Å². The van der Waals surface area contributed by atoms with Crippen molar-refractivity contribution in [2.45, 2.75) is 24.8 Å². The normalized spacial score (nSPS) is 11.7. The Hall–Kier alpha value is -1.70. The summed E-state index contributed by atoms with van der Waals surface area (Å²) in [5.41, 5.74) is 2.66. The molecule has 0 bridgehead atoms. The smallest absolute Gasteiger partial charge is 0.240 e. The molecular weight excluding hydrogens is 288 g/mol. The minimum atomic E-state index is -3.50. The largest absolute Gasteiger partial charge is 0.348 e. The third-order valence-corrected chi connectivity index (χ3v) is 4.90. The summed E-state index contributed by atoms with van der Waals surface area (Å²) in [6, 6.07) is 5.33. The van der Waals surface area contributed by atoms with Crippen molar-refractivity contribution < 1.29 is 8.42 Å². The van der Waals surface area contributed by atoms with E-state index in [9.17, 15) is 8.42 Å². The Morgan fingerprint density at radius 3 is 2.81 bits per heavy atom.